The molecular formula is C17H25ClN2O3S. The molecule has 1 saturated heterocycles. The number of carbonyl (C=O) groups excluding carboxylic acids is 1. The van der Waals surface area contributed by atoms with Gasteiger partial charge in [0.05, 0.1) is 5.02 Å². The first-order valence-electron chi connectivity index (χ1n) is 8.47. The van der Waals surface area contributed by atoms with Crippen LogP contribution in [0.2, 0.25) is 5.02 Å². The van der Waals surface area contributed by atoms with E-state index in [2.05, 4.69) is 5.32 Å². The number of benzene rings is 1. The second-order valence-electron chi connectivity index (χ2n) is 6.25. The number of nitrogens with one attached hydrogen (secondary N) is 1. The van der Waals surface area contributed by atoms with Crippen molar-refractivity contribution < 1.29 is 13.2 Å². The summed E-state index contributed by atoms with van der Waals surface area (Å²) in [4.78, 5) is 12.3. The molecule has 1 heterocycles. The Morgan fingerprint density at radius 1 is 1.25 bits per heavy atom. The molecule has 2 rings (SSSR count). The summed E-state index contributed by atoms with van der Waals surface area (Å²) < 4.78 is 27.3. The van der Waals surface area contributed by atoms with Crippen molar-refractivity contribution in [2.45, 2.75) is 56.9 Å². The van der Waals surface area contributed by atoms with Crippen LogP contribution in [0, 0.1) is 0 Å². The molecule has 0 aromatic heterocycles. The van der Waals surface area contributed by atoms with Crippen LogP contribution in [0.3, 0.4) is 0 Å². The van der Waals surface area contributed by atoms with Crippen LogP contribution in [0.4, 0.5) is 0 Å². The van der Waals surface area contributed by atoms with E-state index in [0.29, 0.717) is 18.7 Å². The van der Waals surface area contributed by atoms with Gasteiger partial charge < -0.3 is 5.32 Å². The number of hydrogen-bond acceptors (Lipinski definition) is 3. The highest BCUT2D eigenvalue weighted by molar-refractivity contribution is 7.89. The fraction of sp³-hybridized carbons (Fsp3) is 0.588. The molecule has 0 aliphatic carbocycles. The van der Waals surface area contributed by atoms with E-state index in [1.54, 1.807) is 6.07 Å². The zero-order chi connectivity index (χ0) is 17.7. The van der Waals surface area contributed by atoms with Crippen LogP contribution >= 0.6 is 11.6 Å². The molecule has 1 aliphatic heterocycles. The molecule has 0 unspecified atom stereocenters. The number of carbonyl (C=O) groups is 1. The van der Waals surface area contributed by atoms with Crippen LogP contribution in [0.15, 0.2) is 23.1 Å². The number of nitrogens with zero attached hydrogens (tertiary/aromatic N) is 1. The minimum absolute atomic E-state index is 0.0165. The minimum Gasteiger partial charge on any atom is -0.350 e. The number of sulfonamides is 1. The zero-order valence-corrected chi connectivity index (χ0v) is 15.8. The first-order valence-corrected chi connectivity index (χ1v) is 10.3. The summed E-state index contributed by atoms with van der Waals surface area (Å²) >= 11 is 6.14. The third-order valence-corrected chi connectivity index (χ3v) is 6.75. The second-order valence-corrected chi connectivity index (χ2v) is 8.56. The standard InChI is InChI=1S/C17H25ClN2O3S/c1-3-13(2)19-17(21)14-8-9-15(18)16(12-14)24(22,23)20-10-6-4-5-7-11-20/h8-9,12-13H,3-7,10-11H2,1-2H3,(H,19,21)/t13-/m0/s1. The molecular weight excluding hydrogens is 348 g/mol. The van der Waals surface area contributed by atoms with Crippen molar-refractivity contribution in [1.29, 1.82) is 0 Å². The van der Waals surface area contributed by atoms with Gasteiger partial charge in [-0.1, -0.05) is 31.4 Å². The van der Waals surface area contributed by atoms with E-state index >= 15 is 0 Å². The highest BCUT2D eigenvalue weighted by Crippen LogP contribution is 2.27. The van der Waals surface area contributed by atoms with Crippen LogP contribution in [-0.2, 0) is 10.0 Å². The summed E-state index contributed by atoms with van der Waals surface area (Å²) in [6.07, 6.45) is 4.59. The van der Waals surface area contributed by atoms with E-state index in [4.69, 9.17) is 11.6 Å². The molecule has 134 valence electrons. The smallest absolute Gasteiger partial charge is 0.251 e. The molecule has 1 amide bonds. The molecule has 1 fully saturated rings. The second kappa shape index (κ2) is 8.32. The first kappa shape index (κ1) is 19.2. The normalized spacial score (nSPS) is 18.0. The van der Waals surface area contributed by atoms with Crippen molar-refractivity contribution >= 4 is 27.5 Å². The molecule has 1 N–H and O–H groups in total. The highest BCUT2D eigenvalue weighted by atomic mass is 35.5. The van der Waals surface area contributed by atoms with Crippen LogP contribution in [0.1, 0.15) is 56.3 Å². The average molecular weight is 373 g/mol. The molecule has 1 aromatic rings. The zero-order valence-electron chi connectivity index (χ0n) is 14.2. The van der Waals surface area contributed by atoms with Gasteiger partial charge >= 0.3 is 0 Å². The van der Waals surface area contributed by atoms with Gasteiger partial charge in [-0.3, -0.25) is 4.79 Å². The Morgan fingerprint density at radius 3 is 2.46 bits per heavy atom. The maximum atomic E-state index is 12.9. The molecule has 24 heavy (non-hydrogen) atoms. The summed E-state index contributed by atoms with van der Waals surface area (Å²) in [7, 11) is -3.68. The maximum absolute atomic E-state index is 12.9. The van der Waals surface area contributed by atoms with Crippen LogP contribution in [0.5, 0.6) is 0 Å². The lowest BCUT2D eigenvalue weighted by atomic mass is 10.2. The van der Waals surface area contributed by atoms with Crippen LogP contribution in [-0.4, -0.2) is 37.8 Å². The minimum atomic E-state index is -3.68. The Morgan fingerprint density at radius 2 is 1.88 bits per heavy atom. The van der Waals surface area contributed by atoms with Gasteiger partial charge in [-0.15, -0.1) is 0 Å². The molecule has 5 nitrogen and oxygen atoms in total. The number of halogens is 1. The lowest BCUT2D eigenvalue weighted by molar-refractivity contribution is 0.0939. The van der Waals surface area contributed by atoms with E-state index in [0.717, 1.165) is 32.1 Å². The van der Waals surface area contributed by atoms with Gasteiger partial charge in [0.25, 0.3) is 5.91 Å². The third kappa shape index (κ3) is 4.49. The van der Waals surface area contributed by atoms with Gasteiger partial charge in [0.15, 0.2) is 0 Å². The Labute approximate surface area is 149 Å². The van der Waals surface area contributed by atoms with E-state index in [-0.39, 0.29) is 21.9 Å². The summed E-state index contributed by atoms with van der Waals surface area (Å²) in [5.74, 6) is -0.284. The van der Waals surface area contributed by atoms with Crippen LogP contribution < -0.4 is 5.32 Å². The Hall–Kier alpha value is -1.11. The molecule has 0 radical (unpaired) electrons. The largest absolute Gasteiger partial charge is 0.350 e. The number of amides is 1. The Bertz CT molecular complexity index is 683. The Balaban J connectivity index is 2.31. The van der Waals surface area contributed by atoms with Gasteiger partial charge in [0.1, 0.15) is 4.90 Å². The van der Waals surface area contributed by atoms with E-state index in [9.17, 15) is 13.2 Å². The monoisotopic (exact) mass is 372 g/mol. The molecule has 0 bridgehead atoms. The van der Waals surface area contributed by atoms with Crippen molar-refractivity contribution in [3.05, 3.63) is 28.8 Å². The van der Waals surface area contributed by atoms with E-state index in [1.807, 2.05) is 13.8 Å². The van der Waals surface area contributed by atoms with Crippen molar-refractivity contribution in [3.8, 4) is 0 Å². The summed E-state index contributed by atoms with van der Waals surface area (Å²) in [5.41, 5.74) is 0.313. The summed E-state index contributed by atoms with van der Waals surface area (Å²) in [6.45, 7) is 4.88. The van der Waals surface area contributed by atoms with Gasteiger partial charge in [-0.2, -0.15) is 4.31 Å². The summed E-state index contributed by atoms with van der Waals surface area (Å²) in [5, 5.41) is 3.00. The predicted molar refractivity (Wildman–Crippen MR) is 95.9 cm³/mol. The predicted octanol–water partition coefficient (Wildman–Crippen LogP) is 3.43. The molecule has 1 aliphatic rings. The lowest BCUT2D eigenvalue weighted by Crippen LogP contribution is -2.33. The van der Waals surface area contributed by atoms with Crippen molar-refractivity contribution in [3.63, 3.8) is 0 Å². The first-order chi connectivity index (χ1) is 11.4. The number of rotatable bonds is 5. The van der Waals surface area contributed by atoms with Gasteiger partial charge in [-0.05, 0) is 44.4 Å². The van der Waals surface area contributed by atoms with Gasteiger partial charge in [0, 0.05) is 24.7 Å². The molecule has 1 aromatic carbocycles. The Kier molecular flexibility index (Phi) is 6.66. The van der Waals surface area contributed by atoms with Gasteiger partial charge in [0.2, 0.25) is 10.0 Å². The summed E-state index contributed by atoms with van der Waals surface area (Å²) in [6, 6.07) is 4.46. The third-order valence-electron chi connectivity index (χ3n) is 4.37. The fourth-order valence-corrected chi connectivity index (χ4v) is 4.69. The molecule has 7 heteroatoms. The maximum Gasteiger partial charge on any atom is 0.251 e. The number of hydrogen-bond donors (Lipinski definition) is 1. The lowest BCUT2D eigenvalue weighted by Gasteiger charge is -2.21. The molecule has 1 atom stereocenters. The van der Waals surface area contributed by atoms with E-state index < -0.39 is 10.0 Å². The molecule has 0 spiro atoms. The van der Waals surface area contributed by atoms with E-state index in [1.165, 1.54) is 16.4 Å². The fourth-order valence-electron chi connectivity index (χ4n) is 2.67. The highest BCUT2D eigenvalue weighted by Gasteiger charge is 2.28. The SMILES string of the molecule is CC[C@H](C)NC(=O)c1ccc(Cl)c(S(=O)(=O)N2CCCCCC2)c1. The van der Waals surface area contributed by atoms with Crippen molar-refractivity contribution in [2.75, 3.05) is 13.1 Å². The van der Waals surface area contributed by atoms with Crippen LogP contribution in [0.25, 0.3) is 0 Å². The topological polar surface area (TPSA) is 66.5 Å². The average Bonchev–Trinajstić information content (AvgIpc) is 2.84. The van der Waals surface area contributed by atoms with Crippen molar-refractivity contribution in [1.82, 2.24) is 9.62 Å². The van der Waals surface area contributed by atoms with Gasteiger partial charge in [-0.25, -0.2) is 8.42 Å². The quantitative estimate of drug-likeness (QED) is 0.860. The van der Waals surface area contributed by atoms with Crippen molar-refractivity contribution in [2.24, 2.45) is 0 Å². The molecule has 0 saturated carbocycles.